The van der Waals surface area contributed by atoms with Gasteiger partial charge in [-0.05, 0) is 6.92 Å². The topological polar surface area (TPSA) is 28.2 Å². The third-order valence-electron chi connectivity index (χ3n) is 1.81. The summed E-state index contributed by atoms with van der Waals surface area (Å²) in [5.74, 6) is 0. The molecule has 1 aliphatic rings. The van der Waals surface area contributed by atoms with Crippen LogP contribution in [0, 0.1) is 11.8 Å². The van der Waals surface area contributed by atoms with Crippen LogP contribution in [-0.4, -0.2) is 19.6 Å². The molecule has 0 atom stereocenters. The van der Waals surface area contributed by atoms with Crippen molar-refractivity contribution in [1.82, 2.24) is 0 Å². The standard InChI is InChI=1S/C6H13N.CN/c1-2-7-5-3-4-6-7;1-2/h2-6H2,1H3;/q;-1/p+1. The molecule has 2 heteroatoms. The maximum atomic E-state index is 6.25. The Labute approximate surface area is 57.1 Å². The van der Waals surface area contributed by atoms with Crippen LogP contribution in [0.4, 0.5) is 0 Å². The highest BCUT2D eigenvalue weighted by molar-refractivity contribution is 4.42. The Morgan fingerprint density at radius 1 is 1.33 bits per heavy atom. The number of hydrogen-bond donors (Lipinski definition) is 1. The lowest BCUT2D eigenvalue weighted by atomic mass is 10.4. The minimum atomic E-state index is 1.33. The second kappa shape index (κ2) is 5.58. The summed E-state index contributed by atoms with van der Waals surface area (Å²) >= 11 is 0. The first-order valence-electron chi connectivity index (χ1n) is 3.49. The summed E-state index contributed by atoms with van der Waals surface area (Å²) in [6, 6.07) is 0. The molecule has 0 amide bonds. The molecule has 0 aliphatic carbocycles. The maximum Gasteiger partial charge on any atom is 0.0773 e. The lowest BCUT2D eigenvalue weighted by Crippen LogP contribution is -3.09. The lowest BCUT2D eigenvalue weighted by molar-refractivity contribution is -0.885. The van der Waals surface area contributed by atoms with Gasteiger partial charge in [0.05, 0.1) is 19.6 Å². The molecule has 0 saturated carbocycles. The fourth-order valence-electron chi connectivity index (χ4n) is 1.23. The van der Waals surface area contributed by atoms with E-state index >= 15 is 0 Å². The second-order valence-corrected chi connectivity index (χ2v) is 2.31. The number of hydrogen-bond acceptors (Lipinski definition) is 1. The average Bonchev–Trinajstić information content (AvgIpc) is 2.43. The molecule has 1 N–H and O–H groups in total. The molecule has 1 fully saturated rings. The molecule has 1 aliphatic heterocycles. The minimum absolute atomic E-state index is 1.33. The summed E-state index contributed by atoms with van der Waals surface area (Å²) in [6.07, 6.45) is 2.92. The zero-order valence-electron chi connectivity index (χ0n) is 5.98. The van der Waals surface area contributed by atoms with Crippen molar-refractivity contribution >= 4 is 0 Å². The van der Waals surface area contributed by atoms with Gasteiger partial charge in [-0.25, -0.2) is 0 Å². The maximum absolute atomic E-state index is 6.25. The number of likely N-dealkylation sites (tertiary alicyclic amines) is 1. The number of quaternary nitrogens is 1. The van der Waals surface area contributed by atoms with Gasteiger partial charge in [0, 0.05) is 12.8 Å². The van der Waals surface area contributed by atoms with Crippen LogP contribution < -0.4 is 4.90 Å². The fraction of sp³-hybridized carbons (Fsp3) is 0.857. The van der Waals surface area contributed by atoms with Gasteiger partial charge in [0.1, 0.15) is 0 Å². The molecule has 52 valence electrons. The van der Waals surface area contributed by atoms with E-state index in [1.54, 1.807) is 4.90 Å². The molecule has 9 heavy (non-hydrogen) atoms. The molecule has 0 bridgehead atoms. The van der Waals surface area contributed by atoms with Crippen molar-refractivity contribution in [2.75, 3.05) is 19.6 Å². The summed E-state index contributed by atoms with van der Waals surface area (Å²) < 4.78 is 0. The molecular weight excluding hydrogens is 112 g/mol. The van der Waals surface area contributed by atoms with Crippen molar-refractivity contribution in [3.63, 3.8) is 0 Å². The molecule has 1 heterocycles. The molecule has 0 aromatic heterocycles. The molecule has 2 nitrogen and oxygen atoms in total. The molecule has 1 rings (SSSR count). The van der Waals surface area contributed by atoms with Crippen LogP contribution in [0.1, 0.15) is 19.8 Å². The van der Waals surface area contributed by atoms with Gasteiger partial charge in [0.15, 0.2) is 0 Å². The Bertz CT molecular complexity index is 72.2. The van der Waals surface area contributed by atoms with E-state index in [1.165, 1.54) is 32.5 Å². The van der Waals surface area contributed by atoms with Gasteiger partial charge in [0.2, 0.25) is 0 Å². The fourth-order valence-corrected chi connectivity index (χ4v) is 1.23. The van der Waals surface area contributed by atoms with Gasteiger partial charge in [-0.2, -0.15) is 0 Å². The van der Waals surface area contributed by atoms with Crippen LogP contribution in [0.2, 0.25) is 0 Å². The number of nitrogens with zero attached hydrogens (tertiary/aromatic N) is 1. The zero-order valence-corrected chi connectivity index (χ0v) is 5.98. The summed E-state index contributed by atoms with van der Waals surface area (Å²) in [7, 11) is 0. The average molecular weight is 126 g/mol. The quantitative estimate of drug-likeness (QED) is 0.483. The Kier molecular flexibility index (Phi) is 5.24. The van der Waals surface area contributed by atoms with E-state index in [9.17, 15) is 0 Å². The van der Waals surface area contributed by atoms with Crippen LogP contribution in [-0.2, 0) is 0 Å². The van der Waals surface area contributed by atoms with Gasteiger partial charge in [-0.3, -0.25) is 0 Å². The number of rotatable bonds is 1. The van der Waals surface area contributed by atoms with E-state index in [0.29, 0.717) is 0 Å². The van der Waals surface area contributed by atoms with Gasteiger partial charge in [-0.1, -0.05) is 0 Å². The van der Waals surface area contributed by atoms with E-state index < -0.39 is 0 Å². The largest absolute Gasteiger partial charge is 0.512 e. The molecule has 1 saturated heterocycles. The summed E-state index contributed by atoms with van der Waals surface area (Å²) in [4.78, 5) is 1.79. The van der Waals surface area contributed by atoms with Crippen LogP contribution in [0.3, 0.4) is 0 Å². The van der Waals surface area contributed by atoms with Gasteiger partial charge >= 0.3 is 0 Å². The zero-order chi connectivity index (χ0) is 7.11. The predicted molar refractivity (Wildman–Crippen MR) is 35.4 cm³/mol. The second-order valence-electron chi connectivity index (χ2n) is 2.31. The Hall–Kier alpha value is -0.550. The molecule has 0 radical (unpaired) electrons. The first-order valence-corrected chi connectivity index (χ1v) is 3.49. The SMILES string of the molecule is CC[NH+]1CCCC1.[C-]#N. The Morgan fingerprint density at radius 3 is 2.00 bits per heavy atom. The highest BCUT2D eigenvalue weighted by Gasteiger charge is 2.10. The molecular formula is C7H14N2. The first-order chi connectivity index (χ1) is 4.43. The normalized spacial score (nSPS) is 18.6. The molecule has 0 unspecified atom stereocenters. The van der Waals surface area contributed by atoms with E-state index in [-0.39, 0.29) is 0 Å². The summed E-state index contributed by atoms with van der Waals surface area (Å²) in [6.45, 7) is 11.2. The lowest BCUT2D eigenvalue weighted by Gasteiger charge is -2.05. The van der Waals surface area contributed by atoms with Crippen molar-refractivity contribution in [2.24, 2.45) is 0 Å². The van der Waals surface area contributed by atoms with Crippen LogP contribution in [0.15, 0.2) is 0 Å². The highest BCUT2D eigenvalue weighted by atomic mass is 15.1. The summed E-state index contributed by atoms with van der Waals surface area (Å²) in [5, 5.41) is 6.25. The third-order valence-corrected chi connectivity index (χ3v) is 1.81. The van der Waals surface area contributed by atoms with Gasteiger partial charge < -0.3 is 16.7 Å². The molecule has 0 aromatic rings. The van der Waals surface area contributed by atoms with Crippen molar-refractivity contribution < 1.29 is 4.90 Å². The predicted octanol–water partition coefficient (Wildman–Crippen LogP) is -0.219. The first kappa shape index (κ1) is 8.45. The van der Waals surface area contributed by atoms with Crippen molar-refractivity contribution in [3.05, 3.63) is 6.57 Å². The molecule has 0 aromatic carbocycles. The van der Waals surface area contributed by atoms with E-state index in [0.717, 1.165) is 0 Å². The van der Waals surface area contributed by atoms with Gasteiger partial charge in [0.25, 0.3) is 0 Å². The Balaban J connectivity index is 0.000000291. The Morgan fingerprint density at radius 2 is 1.78 bits per heavy atom. The third kappa shape index (κ3) is 3.10. The molecule has 0 spiro atoms. The van der Waals surface area contributed by atoms with Crippen molar-refractivity contribution in [2.45, 2.75) is 19.8 Å². The van der Waals surface area contributed by atoms with Gasteiger partial charge in [-0.15, -0.1) is 0 Å². The van der Waals surface area contributed by atoms with Crippen molar-refractivity contribution in [1.29, 1.82) is 5.26 Å². The van der Waals surface area contributed by atoms with E-state index in [2.05, 4.69) is 6.92 Å². The van der Waals surface area contributed by atoms with E-state index in [1.807, 2.05) is 0 Å². The monoisotopic (exact) mass is 126 g/mol. The highest BCUT2D eigenvalue weighted by Crippen LogP contribution is 1.85. The summed E-state index contributed by atoms with van der Waals surface area (Å²) in [5.41, 5.74) is 0. The minimum Gasteiger partial charge on any atom is -0.512 e. The van der Waals surface area contributed by atoms with Crippen LogP contribution >= 0.6 is 0 Å². The van der Waals surface area contributed by atoms with E-state index in [4.69, 9.17) is 11.8 Å². The van der Waals surface area contributed by atoms with Crippen molar-refractivity contribution in [3.8, 4) is 0 Å². The smallest absolute Gasteiger partial charge is 0.0773 e. The van der Waals surface area contributed by atoms with Crippen LogP contribution in [0.25, 0.3) is 0 Å². The van der Waals surface area contributed by atoms with Crippen LogP contribution in [0.5, 0.6) is 0 Å². The number of nitrogens with one attached hydrogen (secondary N) is 1.